The summed E-state index contributed by atoms with van der Waals surface area (Å²) in [6, 6.07) is 6.21. The van der Waals surface area contributed by atoms with E-state index >= 15 is 0 Å². The second-order valence-corrected chi connectivity index (χ2v) is 3.69. The van der Waals surface area contributed by atoms with Gasteiger partial charge in [-0.2, -0.15) is 0 Å². The van der Waals surface area contributed by atoms with Crippen molar-refractivity contribution < 1.29 is 8.81 Å². The minimum atomic E-state index is -0.388. The smallest absolute Gasteiger partial charge is 0.150 e. The minimum Gasteiger partial charge on any atom is -0.463 e. The molecule has 0 bridgehead atoms. The second-order valence-electron chi connectivity index (χ2n) is 2.84. The Hall–Kier alpha value is -1.29. The van der Waals surface area contributed by atoms with Crippen molar-refractivity contribution in [3.63, 3.8) is 0 Å². The highest BCUT2D eigenvalue weighted by atomic mass is 79.9. The monoisotopic (exact) mass is 255 g/mol. The Morgan fingerprint density at radius 2 is 2.07 bits per heavy atom. The van der Waals surface area contributed by atoms with Crippen molar-refractivity contribution in [3.05, 3.63) is 40.8 Å². The van der Waals surface area contributed by atoms with Crippen molar-refractivity contribution in [2.45, 2.75) is 0 Å². The molecule has 14 heavy (non-hydrogen) atoms. The first-order valence-corrected chi connectivity index (χ1v) is 4.76. The molecule has 0 aliphatic rings. The summed E-state index contributed by atoms with van der Waals surface area (Å²) in [7, 11) is 0. The van der Waals surface area contributed by atoms with Crippen LogP contribution < -0.4 is 5.73 Å². The lowest BCUT2D eigenvalue weighted by Gasteiger charge is -2.01. The van der Waals surface area contributed by atoms with Crippen molar-refractivity contribution >= 4 is 21.6 Å². The molecule has 72 valence electrons. The van der Waals surface area contributed by atoms with E-state index < -0.39 is 0 Å². The standard InChI is InChI=1S/C10H7BrFNO/c11-8-3-4-14-10(8)7-2-1-6(13)5-9(7)12/h1-5H,13H2. The van der Waals surface area contributed by atoms with Crippen molar-refractivity contribution in [1.82, 2.24) is 0 Å². The highest BCUT2D eigenvalue weighted by molar-refractivity contribution is 9.10. The van der Waals surface area contributed by atoms with Crippen molar-refractivity contribution in [1.29, 1.82) is 0 Å². The van der Waals surface area contributed by atoms with E-state index in [9.17, 15) is 4.39 Å². The van der Waals surface area contributed by atoms with E-state index in [-0.39, 0.29) is 5.82 Å². The molecule has 2 nitrogen and oxygen atoms in total. The van der Waals surface area contributed by atoms with Crippen LogP contribution in [-0.4, -0.2) is 0 Å². The zero-order chi connectivity index (χ0) is 10.1. The first-order valence-electron chi connectivity index (χ1n) is 3.97. The van der Waals surface area contributed by atoms with Crippen LogP contribution in [0.5, 0.6) is 0 Å². The fourth-order valence-corrected chi connectivity index (χ4v) is 1.62. The molecule has 0 spiro atoms. The van der Waals surface area contributed by atoms with E-state index in [4.69, 9.17) is 10.2 Å². The van der Waals surface area contributed by atoms with Gasteiger partial charge < -0.3 is 10.2 Å². The van der Waals surface area contributed by atoms with Crippen molar-refractivity contribution in [3.8, 4) is 11.3 Å². The van der Waals surface area contributed by atoms with Crippen LogP contribution in [0.3, 0.4) is 0 Å². The lowest BCUT2D eigenvalue weighted by molar-refractivity contribution is 0.568. The van der Waals surface area contributed by atoms with Gasteiger partial charge in [0.25, 0.3) is 0 Å². The number of nitrogens with two attached hydrogens (primary N) is 1. The molecule has 0 saturated carbocycles. The maximum absolute atomic E-state index is 13.4. The maximum atomic E-state index is 13.4. The Bertz CT molecular complexity index is 467. The molecule has 0 aliphatic carbocycles. The summed E-state index contributed by atoms with van der Waals surface area (Å²) >= 11 is 3.26. The third kappa shape index (κ3) is 1.53. The quantitative estimate of drug-likeness (QED) is 0.794. The molecule has 0 fully saturated rings. The largest absolute Gasteiger partial charge is 0.463 e. The molecule has 1 heterocycles. The topological polar surface area (TPSA) is 39.2 Å². The van der Waals surface area contributed by atoms with E-state index in [0.29, 0.717) is 17.0 Å². The van der Waals surface area contributed by atoms with Gasteiger partial charge in [-0.3, -0.25) is 0 Å². The molecule has 0 aliphatic heterocycles. The van der Waals surface area contributed by atoms with Gasteiger partial charge in [0.15, 0.2) is 5.76 Å². The van der Waals surface area contributed by atoms with E-state index in [1.807, 2.05) is 0 Å². The van der Waals surface area contributed by atoms with Crippen LogP contribution in [0.15, 0.2) is 39.4 Å². The normalized spacial score (nSPS) is 10.4. The molecule has 2 aromatic rings. The zero-order valence-electron chi connectivity index (χ0n) is 7.13. The van der Waals surface area contributed by atoms with E-state index in [0.717, 1.165) is 4.47 Å². The molecule has 0 atom stereocenters. The number of benzene rings is 1. The third-order valence-electron chi connectivity index (χ3n) is 1.85. The highest BCUT2D eigenvalue weighted by Crippen LogP contribution is 2.31. The summed E-state index contributed by atoms with van der Waals surface area (Å²) in [5.41, 5.74) is 6.23. The van der Waals surface area contributed by atoms with E-state index in [1.54, 1.807) is 18.2 Å². The first-order chi connectivity index (χ1) is 6.68. The fourth-order valence-electron chi connectivity index (χ4n) is 1.20. The minimum absolute atomic E-state index is 0.388. The number of rotatable bonds is 1. The predicted octanol–water partition coefficient (Wildman–Crippen LogP) is 3.43. The Balaban J connectivity index is 2.58. The first kappa shape index (κ1) is 9.27. The summed E-state index contributed by atoms with van der Waals surface area (Å²) in [5, 5.41) is 0. The lowest BCUT2D eigenvalue weighted by atomic mass is 10.1. The van der Waals surface area contributed by atoms with Crippen LogP contribution in [-0.2, 0) is 0 Å². The Labute approximate surface area is 88.7 Å². The molecular formula is C10H7BrFNO. The van der Waals surface area contributed by atoms with Gasteiger partial charge in [-0.05, 0) is 40.2 Å². The summed E-state index contributed by atoms with van der Waals surface area (Å²) in [6.07, 6.45) is 1.50. The number of hydrogen-bond acceptors (Lipinski definition) is 2. The molecule has 2 rings (SSSR count). The molecule has 4 heteroatoms. The molecule has 2 N–H and O–H groups in total. The van der Waals surface area contributed by atoms with Gasteiger partial charge in [0.05, 0.1) is 16.3 Å². The Morgan fingerprint density at radius 3 is 2.64 bits per heavy atom. The number of furan rings is 1. The number of hydrogen-bond donors (Lipinski definition) is 1. The average Bonchev–Trinajstić information content (AvgIpc) is 2.52. The van der Waals surface area contributed by atoms with Gasteiger partial charge in [-0.25, -0.2) is 4.39 Å². The number of halogens is 2. The van der Waals surface area contributed by atoms with Gasteiger partial charge in [-0.1, -0.05) is 0 Å². The predicted molar refractivity (Wildman–Crippen MR) is 56.2 cm³/mol. The lowest BCUT2D eigenvalue weighted by Crippen LogP contribution is -1.88. The fraction of sp³-hybridized carbons (Fsp3) is 0. The molecular weight excluding hydrogens is 249 g/mol. The Morgan fingerprint density at radius 1 is 1.29 bits per heavy atom. The second kappa shape index (κ2) is 3.46. The summed E-state index contributed by atoms with van der Waals surface area (Å²) in [4.78, 5) is 0. The number of nitrogen functional groups attached to an aromatic ring is 1. The van der Waals surface area contributed by atoms with Gasteiger partial charge in [0, 0.05) is 5.69 Å². The number of anilines is 1. The van der Waals surface area contributed by atoms with Gasteiger partial charge in [0.2, 0.25) is 0 Å². The molecule has 0 saturated heterocycles. The van der Waals surface area contributed by atoms with Crippen molar-refractivity contribution in [2.75, 3.05) is 5.73 Å². The SMILES string of the molecule is Nc1ccc(-c2occc2Br)c(F)c1. The molecule has 0 unspecified atom stereocenters. The van der Waals surface area contributed by atoms with Crippen LogP contribution >= 0.6 is 15.9 Å². The van der Waals surface area contributed by atoms with Crippen LogP contribution in [0, 0.1) is 5.82 Å². The van der Waals surface area contributed by atoms with Crippen LogP contribution in [0.4, 0.5) is 10.1 Å². The summed E-state index contributed by atoms with van der Waals surface area (Å²) in [6.45, 7) is 0. The highest BCUT2D eigenvalue weighted by Gasteiger charge is 2.11. The summed E-state index contributed by atoms with van der Waals surface area (Å²) in [5.74, 6) is 0.0863. The van der Waals surface area contributed by atoms with E-state index in [2.05, 4.69) is 15.9 Å². The van der Waals surface area contributed by atoms with Gasteiger partial charge >= 0.3 is 0 Å². The maximum Gasteiger partial charge on any atom is 0.150 e. The van der Waals surface area contributed by atoms with Crippen LogP contribution in [0.2, 0.25) is 0 Å². The molecule has 1 aromatic carbocycles. The molecule has 0 radical (unpaired) electrons. The third-order valence-corrected chi connectivity index (χ3v) is 2.48. The Kier molecular flexibility index (Phi) is 2.29. The average molecular weight is 256 g/mol. The van der Waals surface area contributed by atoms with Crippen LogP contribution in [0.1, 0.15) is 0 Å². The van der Waals surface area contributed by atoms with Gasteiger partial charge in [-0.15, -0.1) is 0 Å². The van der Waals surface area contributed by atoms with Crippen molar-refractivity contribution in [2.24, 2.45) is 0 Å². The summed E-state index contributed by atoms with van der Waals surface area (Å²) < 4.78 is 19.3. The molecule has 1 aromatic heterocycles. The van der Waals surface area contributed by atoms with Gasteiger partial charge in [0.1, 0.15) is 5.82 Å². The van der Waals surface area contributed by atoms with E-state index in [1.165, 1.54) is 12.3 Å². The zero-order valence-corrected chi connectivity index (χ0v) is 8.71. The molecule has 0 amide bonds. The van der Waals surface area contributed by atoms with Crippen LogP contribution in [0.25, 0.3) is 11.3 Å².